The van der Waals surface area contributed by atoms with Crippen LogP contribution >= 0.6 is 0 Å². The number of hydrogen-bond acceptors (Lipinski definition) is 0. The van der Waals surface area contributed by atoms with Crippen molar-refractivity contribution in [2.45, 2.75) is 57.8 Å². The summed E-state index contributed by atoms with van der Waals surface area (Å²) >= 11 is 0. The van der Waals surface area contributed by atoms with Crippen molar-refractivity contribution in [3.05, 3.63) is 130 Å². The highest BCUT2D eigenvalue weighted by atomic mass is 14.5. The summed E-state index contributed by atoms with van der Waals surface area (Å²) in [6.07, 6.45) is 0. The van der Waals surface area contributed by atoms with Gasteiger partial charge in [-0.05, 0) is 77.2 Å². The van der Waals surface area contributed by atoms with E-state index < -0.39 is 0 Å². The molecule has 0 nitrogen and oxygen atoms in total. The molecular weight excluding hydrogens is 444 g/mol. The molecule has 0 fully saturated rings. The van der Waals surface area contributed by atoms with E-state index in [2.05, 4.69) is 139 Å². The summed E-state index contributed by atoms with van der Waals surface area (Å²) < 4.78 is 0. The molecule has 182 valence electrons. The van der Waals surface area contributed by atoms with Crippen molar-refractivity contribution in [1.29, 1.82) is 0 Å². The molecule has 0 saturated heterocycles. The van der Waals surface area contributed by atoms with E-state index in [1.54, 1.807) is 0 Å². The van der Waals surface area contributed by atoms with Crippen molar-refractivity contribution in [3.63, 3.8) is 0 Å². The number of benzene rings is 5. The van der Waals surface area contributed by atoms with Gasteiger partial charge in [-0.15, -0.1) is 0 Å². The van der Waals surface area contributed by atoms with Gasteiger partial charge in [-0.25, -0.2) is 0 Å². The van der Waals surface area contributed by atoms with Crippen LogP contribution in [0.25, 0.3) is 33.0 Å². The van der Waals surface area contributed by atoms with Gasteiger partial charge in [0.2, 0.25) is 0 Å². The molecule has 5 aromatic rings. The Labute approximate surface area is 221 Å². The normalized spacial score (nSPS) is 15.0. The quantitative estimate of drug-likeness (QED) is 0.203. The minimum atomic E-state index is -0.350. The van der Waals surface area contributed by atoms with Crippen LogP contribution in [0.4, 0.5) is 0 Å². The first kappa shape index (κ1) is 22.5. The molecule has 0 saturated carbocycles. The average molecular weight is 479 g/mol. The minimum absolute atomic E-state index is 0.0691. The van der Waals surface area contributed by atoms with Gasteiger partial charge in [-0.1, -0.05) is 139 Å². The molecule has 0 radical (unpaired) electrons. The van der Waals surface area contributed by atoms with Gasteiger partial charge in [0.1, 0.15) is 0 Å². The number of fused-ring (bicyclic) bond motifs is 9. The lowest BCUT2D eigenvalue weighted by atomic mass is 9.61. The third-order valence-electron chi connectivity index (χ3n) is 8.80. The number of hydrogen-bond donors (Lipinski definition) is 0. The molecule has 0 unspecified atom stereocenters. The molecule has 2 aliphatic rings. The first-order valence-electron chi connectivity index (χ1n) is 13.5. The van der Waals surface area contributed by atoms with Gasteiger partial charge >= 0.3 is 0 Å². The topological polar surface area (TPSA) is 0 Å². The van der Waals surface area contributed by atoms with Gasteiger partial charge in [-0.2, -0.15) is 0 Å². The average Bonchev–Trinajstić information content (AvgIpc) is 3.16. The van der Waals surface area contributed by atoms with Crippen LogP contribution in [-0.4, -0.2) is 0 Å². The van der Waals surface area contributed by atoms with Crippen molar-refractivity contribution in [2.24, 2.45) is 0 Å². The van der Waals surface area contributed by atoms with Crippen molar-refractivity contribution in [3.8, 4) is 22.3 Å². The highest BCUT2D eigenvalue weighted by Gasteiger charge is 2.50. The molecular formula is C37H34. The van der Waals surface area contributed by atoms with E-state index in [0.717, 1.165) is 0 Å². The second kappa shape index (κ2) is 7.23. The maximum absolute atomic E-state index is 2.52. The summed E-state index contributed by atoms with van der Waals surface area (Å²) in [6, 6.07) is 37.4. The van der Waals surface area contributed by atoms with Crippen LogP contribution in [0.15, 0.2) is 97.1 Å². The van der Waals surface area contributed by atoms with E-state index in [4.69, 9.17) is 0 Å². The molecule has 7 rings (SSSR count). The zero-order valence-electron chi connectivity index (χ0n) is 22.7. The molecule has 0 N–H and O–H groups in total. The van der Waals surface area contributed by atoms with Gasteiger partial charge in [-0.3, -0.25) is 0 Å². The van der Waals surface area contributed by atoms with Crippen LogP contribution in [-0.2, 0) is 16.2 Å². The third-order valence-corrected chi connectivity index (χ3v) is 8.80. The van der Waals surface area contributed by atoms with Crippen molar-refractivity contribution < 1.29 is 0 Å². The Balaban J connectivity index is 1.73. The number of rotatable bonds is 0. The lowest BCUT2D eigenvalue weighted by Gasteiger charge is -2.40. The first-order valence-corrected chi connectivity index (χ1v) is 13.5. The molecule has 5 aromatic carbocycles. The molecule has 0 amide bonds. The predicted octanol–water partition coefficient (Wildman–Crippen LogP) is 9.78. The van der Waals surface area contributed by atoms with E-state index in [1.807, 2.05) is 0 Å². The van der Waals surface area contributed by atoms with Crippen molar-refractivity contribution >= 4 is 10.8 Å². The van der Waals surface area contributed by atoms with Gasteiger partial charge in [0.05, 0.1) is 5.41 Å². The SMILES string of the molecule is CC(C)(C)c1ccc2c(c1)C1(c3cc(C(C)(C)C)ccc3-2)c2ccccc2-c2cccc3cccc1c23. The monoisotopic (exact) mass is 478 g/mol. The zero-order valence-corrected chi connectivity index (χ0v) is 22.7. The van der Waals surface area contributed by atoms with Crippen LogP contribution in [0.1, 0.15) is 74.9 Å². The molecule has 0 aliphatic heterocycles. The third kappa shape index (κ3) is 2.90. The Bertz CT molecular complexity index is 1660. The summed E-state index contributed by atoms with van der Waals surface area (Å²) in [4.78, 5) is 0. The summed E-state index contributed by atoms with van der Waals surface area (Å²) in [5, 5.41) is 2.71. The summed E-state index contributed by atoms with van der Waals surface area (Å²) in [7, 11) is 0. The van der Waals surface area contributed by atoms with E-state index in [9.17, 15) is 0 Å². The predicted molar refractivity (Wildman–Crippen MR) is 158 cm³/mol. The molecule has 0 atom stereocenters. The second-order valence-electron chi connectivity index (χ2n) is 13.0. The Kier molecular flexibility index (Phi) is 4.40. The fraction of sp³-hybridized carbons (Fsp3) is 0.243. The highest BCUT2D eigenvalue weighted by molar-refractivity contribution is 6.06. The summed E-state index contributed by atoms with van der Waals surface area (Å²) in [5.41, 5.74) is 13.7. The molecule has 0 heterocycles. The summed E-state index contributed by atoms with van der Waals surface area (Å²) in [6.45, 7) is 14.0. The van der Waals surface area contributed by atoms with Crippen LogP contribution in [0.3, 0.4) is 0 Å². The fourth-order valence-electron chi connectivity index (χ4n) is 6.91. The molecule has 0 heteroatoms. The maximum atomic E-state index is 2.52. The Morgan fingerprint density at radius 3 is 1.51 bits per heavy atom. The van der Waals surface area contributed by atoms with E-state index in [1.165, 1.54) is 66.4 Å². The lowest BCUT2D eigenvalue weighted by molar-refractivity contribution is 0.586. The van der Waals surface area contributed by atoms with Crippen LogP contribution in [0.5, 0.6) is 0 Å². The molecule has 2 aliphatic carbocycles. The van der Waals surface area contributed by atoms with Crippen molar-refractivity contribution in [2.75, 3.05) is 0 Å². The Morgan fingerprint density at radius 2 is 0.919 bits per heavy atom. The zero-order chi connectivity index (χ0) is 25.7. The van der Waals surface area contributed by atoms with Crippen LogP contribution in [0, 0.1) is 0 Å². The van der Waals surface area contributed by atoms with E-state index in [-0.39, 0.29) is 16.2 Å². The smallest absolute Gasteiger partial charge is 0.0619 e. The highest BCUT2D eigenvalue weighted by Crippen LogP contribution is 2.62. The van der Waals surface area contributed by atoms with Crippen LogP contribution in [0.2, 0.25) is 0 Å². The van der Waals surface area contributed by atoms with Gasteiger partial charge in [0.25, 0.3) is 0 Å². The molecule has 37 heavy (non-hydrogen) atoms. The first-order chi connectivity index (χ1) is 17.6. The Morgan fingerprint density at radius 1 is 0.432 bits per heavy atom. The molecule has 1 spiro atoms. The van der Waals surface area contributed by atoms with Gasteiger partial charge < -0.3 is 0 Å². The largest absolute Gasteiger partial charge is 0.0725 e. The van der Waals surface area contributed by atoms with E-state index >= 15 is 0 Å². The molecule has 0 bridgehead atoms. The van der Waals surface area contributed by atoms with Gasteiger partial charge in [0.15, 0.2) is 0 Å². The van der Waals surface area contributed by atoms with Crippen molar-refractivity contribution in [1.82, 2.24) is 0 Å². The van der Waals surface area contributed by atoms with E-state index in [0.29, 0.717) is 0 Å². The lowest BCUT2D eigenvalue weighted by Crippen LogP contribution is -2.32. The maximum Gasteiger partial charge on any atom is 0.0725 e. The second-order valence-corrected chi connectivity index (χ2v) is 13.0. The molecule has 0 aromatic heterocycles. The minimum Gasteiger partial charge on any atom is -0.0619 e. The van der Waals surface area contributed by atoms with Gasteiger partial charge in [0, 0.05) is 0 Å². The summed E-state index contributed by atoms with van der Waals surface area (Å²) in [5.74, 6) is 0. The Hall–Kier alpha value is -3.64. The fourth-order valence-corrected chi connectivity index (χ4v) is 6.91. The standard InChI is InChI=1S/C37H34/c1-35(2,3)24-17-19-27-28-20-18-25(36(4,5)6)22-33(28)37(32(27)21-24)30-15-8-7-13-26(30)29-14-9-11-23-12-10-16-31(37)34(23)29/h7-22H,1-6H3. The van der Waals surface area contributed by atoms with Crippen LogP contribution < -0.4 is 0 Å².